The molecule has 25 nitrogen and oxygen atoms in total. The van der Waals surface area contributed by atoms with Crippen LogP contribution in [0.25, 0.3) is 54.5 Å². The number of nitrogens with zero attached hydrogens (tertiary/aromatic N) is 8. The Hall–Kier alpha value is -11.1. The molecule has 17 rings (SSSR count). The topological polar surface area (TPSA) is 301 Å². The Morgan fingerprint density at radius 1 is 0.409 bits per heavy atom. The second-order valence-electron chi connectivity index (χ2n) is 23.3. The number of H-pyrrole nitrogens is 2. The minimum atomic E-state index is -3.76. The number of aromatic nitrogens is 10. The van der Waals surface area contributed by atoms with Crippen molar-refractivity contribution in [1.29, 1.82) is 0 Å². The van der Waals surface area contributed by atoms with Gasteiger partial charge in [-0.15, -0.1) is 0 Å². The van der Waals surface area contributed by atoms with Gasteiger partial charge in [-0.05, 0) is 125 Å². The molecule has 11 heterocycles. The minimum Gasteiger partial charge on any atom is -0.619 e. The molecule has 0 aliphatic carbocycles. The van der Waals surface area contributed by atoms with E-state index in [1.54, 1.807) is 136 Å². The van der Waals surface area contributed by atoms with E-state index in [1.807, 2.05) is 116 Å². The molecule has 33 heteroatoms. The molecular formula is C77H65B2Br3N10O15S3. The van der Waals surface area contributed by atoms with E-state index in [9.17, 15) is 30.5 Å². The van der Waals surface area contributed by atoms with Crippen LogP contribution in [0.4, 0.5) is 0 Å². The molecule has 1 saturated heterocycles. The molecule has 16 aromatic rings. The molecule has 0 spiro atoms. The van der Waals surface area contributed by atoms with E-state index in [4.69, 9.17) is 37.6 Å². The van der Waals surface area contributed by atoms with Crippen LogP contribution in [0.5, 0.6) is 28.7 Å². The average Bonchev–Trinajstić information content (AvgIpc) is 1.61. The second kappa shape index (κ2) is 35.5. The van der Waals surface area contributed by atoms with Gasteiger partial charge in [0, 0.05) is 58.1 Å². The molecule has 0 amide bonds. The Bertz CT molecular complexity index is 5970. The van der Waals surface area contributed by atoms with Gasteiger partial charge in [-0.2, -0.15) is 4.73 Å². The molecule has 0 saturated carbocycles. The van der Waals surface area contributed by atoms with Crippen molar-refractivity contribution in [3.05, 3.63) is 311 Å². The summed E-state index contributed by atoms with van der Waals surface area (Å²) in [6.07, 6.45) is 18.1. The summed E-state index contributed by atoms with van der Waals surface area (Å²) >= 11 is 9.99. The van der Waals surface area contributed by atoms with Gasteiger partial charge in [0.25, 0.3) is 30.1 Å². The monoisotopic (exact) mass is 1720 g/mol. The van der Waals surface area contributed by atoms with Gasteiger partial charge >= 0.3 is 14.2 Å². The second-order valence-corrected chi connectivity index (χ2v) is 31.0. The van der Waals surface area contributed by atoms with Crippen molar-refractivity contribution < 1.29 is 67.5 Å². The Morgan fingerprint density at radius 3 is 1.22 bits per heavy atom. The van der Waals surface area contributed by atoms with Crippen molar-refractivity contribution in [2.45, 2.75) is 21.0 Å². The summed E-state index contributed by atoms with van der Waals surface area (Å²) in [4.78, 5) is 23.1. The lowest BCUT2D eigenvalue weighted by Crippen LogP contribution is -2.53. The summed E-state index contributed by atoms with van der Waals surface area (Å²) in [6.45, 7) is 0. The van der Waals surface area contributed by atoms with Crippen molar-refractivity contribution >= 4 is 158 Å². The molecule has 0 bridgehead atoms. The molecule has 0 unspecified atom stereocenters. The van der Waals surface area contributed by atoms with E-state index >= 15 is 0 Å². The van der Waals surface area contributed by atoms with Gasteiger partial charge in [0.15, 0.2) is 12.0 Å². The number of halogens is 3. The maximum atomic E-state index is 12.7. The van der Waals surface area contributed by atoms with Gasteiger partial charge in [0.2, 0.25) is 12.4 Å². The van der Waals surface area contributed by atoms with E-state index < -0.39 is 50.6 Å². The summed E-state index contributed by atoms with van der Waals surface area (Å²) in [5.41, 5.74) is 6.08. The van der Waals surface area contributed by atoms with E-state index in [0.29, 0.717) is 53.8 Å². The number of rotatable bonds is 14. The maximum absolute atomic E-state index is 12.7. The predicted octanol–water partition coefficient (Wildman–Crippen LogP) is 14.1. The van der Waals surface area contributed by atoms with Crippen molar-refractivity contribution in [2.24, 2.45) is 0 Å². The van der Waals surface area contributed by atoms with Crippen LogP contribution in [0.1, 0.15) is 11.9 Å². The van der Waals surface area contributed by atoms with Crippen LogP contribution >= 0.6 is 47.8 Å². The van der Waals surface area contributed by atoms with Crippen LogP contribution in [0, 0.1) is 5.21 Å². The molecule has 2 N–H and O–H groups in total. The number of hydrogen-bond acceptors (Lipinski definition) is 19. The van der Waals surface area contributed by atoms with Gasteiger partial charge < -0.3 is 52.7 Å². The summed E-state index contributed by atoms with van der Waals surface area (Å²) in [6, 6.07) is 63.3. The zero-order valence-electron chi connectivity index (χ0n) is 58.9. The molecule has 1 aliphatic rings. The molecule has 558 valence electrons. The molecule has 10 aromatic heterocycles. The maximum Gasteiger partial charge on any atom is 0.482 e. The average molecular weight is 1730 g/mol. The lowest BCUT2D eigenvalue weighted by Gasteiger charge is -2.33. The van der Waals surface area contributed by atoms with Crippen molar-refractivity contribution in [2.75, 3.05) is 35.5 Å². The zero-order chi connectivity index (χ0) is 77.5. The van der Waals surface area contributed by atoms with E-state index in [0.717, 1.165) is 63.0 Å². The number of nitrogens with one attached hydrogen (secondary N) is 2. The largest absolute Gasteiger partial charge is 0.619 e. The summed E-state index contributed by atoms with van der Waals surface area (Å²) in [7, 11) is -4.26. The lowest BCUT2D eigenvalue weighted by atomic mass is 9.69. The van der Waals surface area contributed by atoms with Gasteiger partial charge in [0.1, 0.15) is 47.8 Å². The molecular weight excluding hydrogens is 1660 g/mol. The molecule has 0 atom stereocenters. The van der Waals surface area contributed by atoms with Crippen molar-refractivity contribution in [3.8, 4) is 28.7 Å². The molecule has 1 fully saturated rings. The van der Waals surface area contributed by atoms with E-state index in [-0.39, 0.29) is 20.2 Å². The number of ether oxygens (including phenoxy) is 5. The number of hydrogen-bond donors (Lipinski definition) is 2. The van der Waals surface area contributed by atoms with Crippen LogP contribution in [0.2, 0.25) is 0 Å². The van der Waals surface area contributed by atoms with Crippen LogP contribution in [-0.2, 0) is 44.0 Å². The Kier molecular flexibility index (Phi) is 25.3. The normalized spacial score (nSPS) is 12.3. The number of aromatic amines is 2. The van der Waals surface area contributed by atoms with E-state index in [1.165, 1.54) is 78.6 Å². The fraction of sp³-hybridized carbons (Fsp3) is 0.0779. The summed E-state index contributed by atoms with van der Waals surface area (Å²) in [5.74, 6) is 2.97. The molecule has 1 aliphatic heterocycles. The third-order valence-electron chi connectivity index (χ3n) is 16.8. The SMILES string of the molecule is COc1c[n+]([O-])cc2c1ccn2S(=O)(=O)c1ccccc1.COc1cnc(Br)c2[nH]ccc12.COc1cnc(Br)c2[nH]ccc12.COc1cnc(Br)c2c1ccn2S(=O)(=O)c1ccccc1.COc1cncc2c1ccn2S(=O)(=O)c1ccccc1.c1ccc(B2OB(c3ccccc3)OC(c3ccccc3)O2)cc1. The third-order valence-corrected chi connectivity index (χ3v) is 23.7. The third kappa shape index (κ3) is 17.3. The first-order chi connectivity index (χ1) is 53.3. The molecule has 110 heavy (non-hydrogen) atoms. The number of methoxy groups -OCH3 is 5. The van der Waals surface area contributed by atoms with Crippen molar-refractivity contribution in [1.82, 2.24) is 41.8 Å². The van der Waals surface area contributed by atoms with Crippen molar-refractivity contribution in [3.63, 3.8) is 0 Å². The Morgan fingerprint density at radius 2 is 0.773 bits per heavy atom. The Balaban J connectivity index is 0.000000125. The quantitative estimate of drug-likeness (QED) is 0.0442. The standard InChI is InChI=1S/C19H16B2O3.C14H11BrN2O3S.C14H12N2O4S.C14H12N2O3S.2C8H7BrN2O/c1-4-10-16(11-5-1)19-22-20(17-12-6-2-7-13-17)24-21(23-19)18-14-8-3-9-15-18;1-20-12-9-16-14(15)13-11(12)7-8-17(13)21(18,19)10-5-3-2-4-6-10;1-20-14-10-15(17)9-13-12(14)7-8-16(13)21(18,19)11-5-3-2-4-6-11;1-19-14-10-15-9-13-12(14)7-8-16(13)20(17,18)11-5-3-2-4-6-11;2*1-12-6-4-11-8(9)7-5(6)2-3-10-7/h1-15,19H;2-9H,1H3;2-10H,1H3;2-10H,1H3;2*2-4,10H,1H3. The fourth-order valence-electron chi connectivity index (χ4n) is 11.4. The lowest BCUT2D eigenvalue weighted by molar-refractivity contribution is -0.604. The van der Waals surface area contributed by atoms with Crippen LogP contribution in [-0.4, -0.2) is 117 Å². The van der Waals surface area contributed by atoms with Gasteiger partial charge in [-0.25, -0.2) is 52.1 Å². The van der Waals surface area contributed by atoms with Crippen LogP contribution in [0.15, 0.2) is 315 Å². The smallest absolute Gasteiger partial charge is 0.482 e. The van der Waals surface area contributed by atoms with Gasteiger partial charge in [-0.1, -0.05) is 146 Å². The zero-order valence-corrected chi connectivity index (χ0v) is 66.1. The fourth-order valence-corrected chi connectivity index (χ4v) is 17.0. The van der Waals surface area contributed by atoms with E-state index in [2.05, 4.69) is 77.7 Å². The highest BCUT2D eigenvalue weighted by atomic mass is 79.9. The predicted molar refractivity (Wildman–Crippen MR) is 432 cm³/mol. The highest BCUT2D eigenvalue weighted by Crippen LogP contribution is 2.35. The first-order valence-electron chi connectivity index (χ1n) is 33.1. The highest BCUT2D eigenvalue weighted by molar-refractivity contribution is 9.11. The van der Waals surface area contributed by atoms with Gasteiger partial charge in [-0.3, -0.25) is 4.98 Å². The Labute approximate surface area is 658 Å². The first-order valence-corrected chi connectivity index (χ1v) is 39.8. The first kappa shape index (κ1) is 78.5. The number of benzene rings is 6. The minimum absolute atomic E-state index is 0.155. The van der Waals surface area contributed by atoms with Crippen LogP contribution in [0.3, 0.4) is 0 Å². The molecule has 6 aromatic carbocycles. The highest BCUT2D eigenvalue weighted by Gasteiger charge is 2.41. The summed E-state index contributed by atoms with van der Waals surface area (Å²) < 4.78 is 126. The molecule has 0 radical (unpaired) electrons. The summed E-state index contributed by atoms with van der Waals surface area (Å²) in [5, 5.41) is 15.6. The number of pyridine rings is 5. The van der Waals surface area contributed by atoms with Gasteiger partial charge in [0.05, 0.1) is 103 Å². The number of fused-ring (bicyclic) bond motifs is 5. The van der Waals surface area contributed by atoms with Crippen LogP contribution < -0.4 is 39.3 Å².